The molecular formula is C9H12S. The minimum absolute atomic E-state index is 0.909. The van der Waals surface area contributed by atoms with Gasteiger partial charge in [-0.3, -0.25) is 0 Å². The van der Waals surface area contributed by atoms with Gasteiger partial charge in [0, 0.05) is 5.37 Å². The molecule has 0 saturated heterocycles. The van der Waals surface area contributed by atoms with E-state index >= 15 is 0 Å². The summed E-state index contributed by atoms with van der Waals surface area (Å²) >= 11 is 4.78. The van der Waals surface area contributed by atoms with Crippen molar-refractivity contribution < 1.29 is 0 Å². The lowest BCUT2D eigenvalue weighted by atomic mass is 10.2. The molecule has 0 aromatic rings. The lowest BCUT2D eigenvalue weighted by molar-refractivity contribution is 1.33. The van der Waals surface area contributed by atoms with Gasteiger partial charge in [0.05, 0.1) is 0 Å². The molecule has 0 amide bonds. The van der Waals surface area contributed by atoms with Crippen molar-refractivity contribution >= 4 is 17.6 Å². The van der Waals surface area contributed by atoms with Crippen molar-refractivity contribution in [3.63, 3.8) is 0 Å². The van der Waals surface area contributed by atoms with Gasteiger partial charge in [0.2, 0.25) is 0 Å². The highest BCUT2D eigenvalue weighted by atomic mass is 32.1. The molecule has 0 aliphatic heterocycles. The Morgan fingerprint density at radius 2 is 2.30 bits per heavy atom. The molecule has 0 unspecified atom stereocenters. The fourth-order valence-electron chi connectivity index (χ4n) is 0.561. The highest BCUT2D eigenvalue weighted by Crippen LogP contribution is 1.99. The molecule has 0 nitrogen and oxygen atoms in total. The van der Waals surface area contributed by atoms with Crippen molar-refractivity contribution in [2.45, 2.75) is 13.3 Å². The fourth-order valence-corrected chi connectivity index (χ4v) is 0.736. The summed E-state index contributed by atoms with van der Waals surface area (Å²) in [6, 6.07) is 0. The monoisotopic (exact) mass is 152 g/mol. The van der Waals surface area contributed by atoms with E-state index in [4.69, 9.17) is 12.2 Å². The number of allylic oxidation sites excluding steroid dienone is 5. The minimum atomic E-state index is 0.909. The van der Waals surface area contributed by atoms with E-state index in [1.165, 1.54) is 0 Å². The molecule has 0 aromatic carbocycles. The van der Waals surface area contributed by atoms with Gasteiger partial charge in [-0.15, -0.1) is 0 Å². The average molecular weight is 152 g/mol. The van der Waals surface area contributed by atoms with Crippen LogP contribution in [0, 0.1) is 0 Å². The zero-order valence-corrected chi connectivity index (χ0v) is 7.03. The van der Waals surface area contributed by atoms with Gasteiger partial charge in [0.1, 0.15) is 0 Å². The summed E-state index contributed by atoms with van der Waals surface area (Å²) in [5.41, 5.74) is 1.13. The van der Waals surface area contributed by atoms with Crippen LogP contribution in [0.1, 0.15) is 13.3 Å². The van der Waals surface area contributed by atoms with Gasteiger partial charge < -0.3 is 0 Å². The number of thiocarbonyl (C=S) groups is 1. The first-order valence-electron chi connectivity index (χ1n) is 3.23. The summed E-state index contributed by atoms with van der Waals surface area (Å²) in [7, 11) is 0. The molecule has 54 valence electrons. The number of hydrogen-bond acceptors (Lipinski definition) is 1. The van der Waals surface area contributed by atoms with Crippen molar-refractivity contribution in [2.24, 2.45) is 0 Å². The molecule has 0 aliphatic carbocycles. The van der Waals surface area contributed by atoms with Crippen LogP contribution < -0.4 is 0 Å². The van der Waals surface area contributed by atoms with Crippen LogP contribution in [0.15, 0.2) is 36.5 Å². The summed E-state index contributed by atoms with van der Waals surface area (Å²) in [5, 5.41) is 1.68. The Labute approximate surface area is 67.9 Å². The van der Waals surface area contributed by atoms with Gasteiger partial charge in [-0.2, -0.15) is 0 Å². The summed E-state index contributed by atoms with van der Waals surface area (Å²) in [6.07, 6.45) is 8.66. The van der Waals surface area contributed by atoms with Gasteiger partial charge in [-0.25, -0.2) is 0 Å². The third-order valence-corrected chi connectivity index (χ3v) is 1.38. The van der Waals surface area contributed by atoms with Gasteiger partial charge in [0.25, 0.3) is 0 Å². The van der Waals surface area contributed by atoms with Crippen LogP contribution in [-0.2, 0) is 0 Å². The maximum atomic E-state index is 4.78. The van der Waals surface area contributed by atoms with Crippen molar-refractivity contribution in [1.29, 1.82) is 0 Å². The normalized spacial score (nSPS) is 11.9. The van der Waals surface area contributed by atoms with Crippen molar-refractivity contribution in [3.05, 3.63) is 36.5 Å². The Bertz CT molecular complexity index is 164. The molecule has 0 radical (unpaired) electrons. The first kappa shape index (κ1) is 9.31. The smallest absolute Gasteiger partial charge is 0.00487 e. The lowest BCUT2D eigenvalue weighted by Gasteiger charge is -1.90. The SMILES string of the molecule is C=C/C=C(/C=S)C/C=C\C. The van der Waals surface area contributed by atoms with E-state index in [2.05, 4.69) is 12.7 Å². The summed E-state index contributed by atoms with van der Waals surface area (Å²) in [4.78, 5) is 0. The molecule has 0 spiro atoms. The van der Waals surface area contributed by atoms with Crippen molar-refractivity contribution in [3.8, 4) is 0 Å². The molecular weight excluding hydrogens is 140 g/mol. The second kappa shape index (κ2) is 6.43. The quantitative estimate of drug-likeness (QED) is 0.258. The van der Waals surface area contributed by atoms with Crippen LogP contribution in [0.4, 0.5) is 0 Å². The van der Waals surface area contributed by atoms with Gasteiger partial charge in [-0.1, -0.05) is 43.1 Å². The second-order valence-corrected chi connectivity index (χ2v) is 2.10. The zero-order chi connectivity index (χ0) is 7.82. The van der Waals surface area contributed by atoms with Crippen LogP contribution in [-0.4, -0.2) is 5.37 Å². The third kappa shape index (κ3) is 4.21. The maximum absolute atomic E-state index is 4.78. The maximum Gasteiger partial charge on any atom is 0.00487 e. The van der Waals surface area contributed by atoms with Crippen molar-refractivity contribution in [2.75, 3.05) is 0 Å². The molecule has 0 bridgehead atoms. The van der Waals surface area contributed by atoms with Crippen LogP contribution in [0.5, 0.6) is 0 Å². The molecule has 0 fully saturated rings. The zero-order valence-electron chi connectivity index (χ0n) is 6.21. The topological polar surface area (TPSA) is 0 Å². The van der Waals surface area contributed by atoms with Crippen LogP contribution in [0.2, 0.25) is 0 Å². The summed E-state index contributed by atoms with van der Waals surface area (Å²) in [6.45, 7) is 5.58. The van der Waals surface area contributed by atoms with E-state index in [9.17, 15) is 0 Å². The average Bonchev–Trinajstić information content (AvgIpc) is 1.98. The minimum Gasteiger partial charge on any atom is -0.0991 e. The highest BCUT2D eigenvalue weighted by Gasteiger charge is 1.84. The number of hydrogen-bond donors (Lipinski definition) is 0. The Morgan fingerprint density at radius 1 is 1.60 bits per heavy atom. The molecule has 0 heterocycles. The Hall–Kier alpha value is -0.690. The summed E-state index contributed by atoms with van der Waals surface area (Å²) < 4.78 is 0. The predicted octanol–water partition coefficient (Wildman–Crippen LogP) is 3.06. The molecule has 0 rings (SSSR count). The predicted molar refractivity (Wildman–Crippen MR) is 51.4 cm³/mol. The molecule has 0 atom stereocenters. The Morgan fingerprint density at radius 3 is 2.70 bits per heavy atom. The van der Waals surface area contributed by atoms with E-state index in [1.807, 2.05) is 19.1 Å². The molecule has 0 N–H and O–H groups in total. The largest absolute Gasteiger partial charge is 0.0991 e. The van der Waals surface area contributed by atoms with Crippen molar-refractivity contribution in [1.82, 2.24) is 0 Å². The van der Waals surface area contributed by atoms with E-state index < -0.39 is 0 Å². The molecule has 0 aromatic heterocycles. The van der Waals surface area contributed by atoms with Gasteiger partial charge in [0.15, 0.2) is 0 Å². The molecule has 10 heavy (non-hydrogen) atoms. The molecule has 0 aliphatic rings. The Kier molecular flexibility index (Phi) is 5.99. The van der Waals surface area contributed by atoms with Gasteiger partial charge >= 0.3 is 0 Å². The highest BCUT2D eigenvalue weighted by molar-refractivity contribution is 7.79. The lowest BCUT2D eigenvalue weighted by Crippen LogP contribution is -1.77. The fraction of sp³-hybridized carbons (Fsp3) is 0.222. The molecule has 0 saturated carbocycles. The van der Waals surface area contributed by atoms with Gasteiger partial charge in [-0.05, 0) is 18.9 Å². The van der Waals surface area contributed by atoms with Crippen LogP contribution in [0.3, 0.4) is 0 Å². The van der Waals surface area contributed by atoms with E-state index in [-0.39, 0.29) is 0 Å². The third-order valence-electron chi connectivity index (χ3n) is 1.07. The number of rotatable bonds is 4. The van der Waals surface area contributed by atoms with E-state index in [0.717, 1.165) is 12.0 Å². The Balaban J connectivity index is 3.94. The van der Waals surface area contributed by atoms with E-state index in [1.54, 1.807) is 11.4 Å². The molecule has 1 heteroatoms. The standard InChI is InChI=1S/C9H12S/c1-3-5-7-9(8-10)6-4-2/h3-6,8H,2,7H2,1H3/b5-3-,9-6+. The van der Waals surface area contributed by atoms with E-state index in [0.29, 0.717) is 0 Å². The van der Waals surface area contributed by atoms with Crippen LogP contribution in [0.25, 0.3) is 0 Å². The first-order chi connectivity index (χ1) is 4.85. The second-order valence-electron chi connectivity index (χ2n) is 1.87. The first-order valence-corrected chi connectivity index (χ1v) is 3.70. The summed E-state index contributed by atoms with van der Waals surface area (Å²) in [5.74, 6) is 0. The van der Waals surface area contributed by atoms with Crippen LogP contribution >= 0.6 is 12.2 Å².